The lowest BCUT2D eigenvalue weighted by molar-refractivity contribution is 0.0697. The van der Waals surface area contributed by atoms with Crippen LogP contribution in [-0.4, -0.2) is 30.1 Å². The summed E-state index contributed by atoms with van der Waals surface area (Å²) in [6.07, 6.45) is 0. The number of fused-ring (bicyclic) bond motifs is 1. The van der Waals surface area contributed by atoms with Gasteiger partial charge in [0, 0.05) is 18.8 Å². The summed E-state index contributed by atoms with van der Waals surface area (Å²) in [5.41, 5.74) is 1.18. The molecule has 0 saturated heterocycles. The number of carboxylic acids is 1. The molecule has 78 valence electrons. The Morgan fingerprint density at radius 1 is 1.27 bits per heavy atom. The molecular weight excluding hydrogens is 196 g/mol. The molecule has 1 heterocycles. The maximum Gasteiger partial charge on any atom is 0.335 e. The first-order valence-corrected chi connectivity index (χ1v) is 4.58. The average molecular weight is 206 g/mol. The molecule has 5 nitrogen and oxygen atoms in total. The van der Waals surface area contributed by atoms with E-state index in [2.05, 4.69) is 10.6 Å². The van der Waals surface area contributed by atoms with Gasteiger partial charge in [0.15, 0.2) is 0 Å². The molecule has 0 aliphatic carbocycles. The van der Waals surface area contributed by atoms with Crippen molar-refractivity contribution in [3.05, 3.63) is 29.3 Å². The Morgan fingerprint density at radius 2 is 2.00 bits per heavy atom. The second-order valence-corrected chi connectivity index (χ2v) is 3.25. The van der Waals surface area contributed by atoms with E-state index in [1.807, 2.05) is 0 Å². The molecule has 1 aromatic carbocycles. The highest BCUT2D eigenvalue weighted by Gasteiger charge is 2.16. The Labute approximate surface area is 86.1 Å². The smallest absolute Gasteiger partial charge is 0.335 e. The molecule has 2 rings (SSSR count). The first-order chi connectivity index (χ1) is 7.18. The van der Waals surface area contributed by atoms with Crippen molar-refractivity contribution in [3.63, 3.8) is 0 Å². The van der Waals surface area contributed by atoms with Gasteiger partial charge in [-0.15, -0.1) is 0 Å². The van der Waals surface area contributed by atoms with Crippen LogP contribution >= 0.6 is 0 Å². The predicted octanol–water partition coefficient (Wildman–Crippen LogP) is 0.540. The van der Waals surface area contributed by atoms with Crippen molar-refractivity contribution in [1.82, 2.24) is 5.32 Å². The molecular formula is C10H10N2O3. The summed E-state index contributed by atoms with van der Waals surface area (Å²) < 4.78 is 0. The first-order valence-electron chi connectivity index (χ1n) is 4.58. The van der Waals surface area contributed by atoms with Crippen LogP contribution in [0.25, 0.3) is 0 Å². The highest BCUT2D eigenvalue weighted by atomic mass is 16.4. The number of anilines is 1. The number of amides is 1. The largest absolute Gasteiger partial charge is 0.478 e. The summed E-state index contributed by atoms with van der Waals surface area (Å²) in [5, 5.41) is 14.5. The second-order valence-electron chi connectivity index (χ2n) is 3.25. The minimum atomic E-state index is -1.03. The van der Waals surface area contributed by atoms with Gasteiger partial charge in [-0.05, 0) is 18.2 Å². The number of hydrogen-bond acceptors (Lipinski definition) is 3. The minimum absolute atomic E-state index is 0.118. The van der Waals surface area contributed by atoms with Crippen molar-refractivity contribution < 1.29 is 14.7 Å². The maximum atomic E-state index is 11.5. The van der Waals surface area contributed by atoms with Crippen molar-refractivity contribution in [2.45, 2.75) is 0 Å². The molecule has 15 heavy (non-hydrogen) atoms. The van der Waals surface area contributed by atoms with Gasteiger partial charge in [-0.2, -0.15) is 0 Å². The average Bonchev–Trinajstić information content (AvgIpc) is 2.40. The van der Waals surface area contributed by atoms with Gasteiger partial charge in [0.2, 0.25) is 0 Å². The van der Waals surface area contributed by atoms with Gasteiger partial charge in [-0.1, -0.05) is 0 Å². The fourth-order valence-electron chi connectivity index (χ4n) is 1.49. The molecule has 1 aromatic rings. The van der Waals surface area contributed by atoms with Crippen molar-refractivity contribution in [2.75, 3.05) is 18.4 Å². The lowest BCUT2D eigenvalue weighted by Gasteiger charge is -2.06. The lowest BCUT2D eigenvalue weighted by atomic mass is 10.1. The number of carboxylic acid groups (broad SMARTS) is 1. The van der Waals surface area contributed by atoms with Crippen LogP contribution in [-0.2, 0) is 0 Å². The van der Waals surface area contributed by atoms with Gasteiger partial charge in [0.05, 0.1) is 11.1 Å². The van der Waals surface area contributed by atoms with E-state index >= 15 is 0 Å². The van der Waals surface area contributed by atoms with Crippen molar-refractivity contribution in [3.8, 4) is 0 Å². The second kappa shape index (κ2) is 3.61. The zero-order chi connectivity index (χ0) is 10.8. The molecule has 1 aliphatic heterocycles. The Balaban J connectivity index is 2.48. The third-order valence-electron chi connectivity index (χ3n) is 2.24. The van der Waals surface area contributed by atoms with Gasteiger partial charge >= 0.3 is 5.97 Å². The lowest BCUT2D eigenvalue weighted by Crippen LogP contribution is -2.24. The monoisotopic (exact) mass is 206 g/mol. The Kier molecular flexibility index (Phi) is 2.29. The van der Waals surface area contributed by atoms with Crippen LogP contribution in [0.5, 0.6) is 0 Å². The van der Waals surface area contributed by atoms with Crippen molar-refractivity contribution in [2.24, 2.45) is 0 Å². The van der Waals surface area contributed by atoms with E-state index in [0.717, 1.165) is 0 Å². The van der Waals surface area contributed by atoms with Gasteiger partial charge in [0.25, 0.3) is 5.91 Å². The normalized spacial score (nSPS) is 14.5. The van der Waals surface area contributed by atoms with E-state index in [0.29, 0.717) is 24.3 Å². The summed E-state index contributed by atoms with van der Waals surface area (Å²) in [6.45, 7) is 1.18. The third kappa shape index (κ3) is 1.76. The summed E-state index contributed by atoms with van der Waals surface area (Å²) in [4.78, 5) is 22.3. The molecule has 0 saturated carbocycles. The van der Waals surface area contributed by atoms with E-state index in [1.165, 1.54) is 12.1 Å². The zero-order valence-corrected chi connectivity index (χ0v) is 7.91. The van der Waals surface area contributed by atoms with Crippen LogP contribution < -0.4 is 10.6 Å². The number of nitrogens with one attached hydrogen (secondary N) is 2. The fraction of sp³-hybridized carbons (Fsp3) is 0.200. The SMILES string of the molecule is O=C(O)c1ccc2c(c1)C(=O)NCCN2. The standard InChI is InChI=1S/C10H10N2O3/c13-9-7-5-6(10(14)15)1-2-8(7)11-3-4-12-9/h1-2,5,11H,3-4H2,(H,12,13)(H,14,15). The van der Waals surface area contributed by atoms with Crippen LogP contribution in [0.3, 0.4) is 0 Å². The molecule has 0 aromatic heterocycles. The molecule has 1 aliphatic rings. The molecule has 1 amide bonds. The molecule has 5 heteroatoms. The Hall–Kier alpha value is -2.04. The van der Waals surface area contributed by atoms with E-state index in [4.69, 9.17) is 5.11 Å². The van der Waals surface area contributed by atoms with E-state index in [-0.39, 0.29) is 11.5 Å². The molecule has 0 radical (unpaired) electrons. The summed E-state index contributed by atoms with van der Waals surface area (Å²) in [5.74, 6) is -1.27. The topological polar surface area (TPSA) is 78.4 Å². The highest BCUT2D eigenvalue weighted by molar-refractivity contribution is 6.02. The number of benzene rings is 1. The first kappa shape index (κ1) is 9.51. The van der Waals surface area contributed by atoms with Crippen LogP contribution in [0.2, 0.25) is 0 Å². The van der Waals surface area contributed by atoms with Crippen molar-refractivity contribution in [1.29, 1.82) is 0 Å². The molecule has 0 spiro atoms. The quantitative estimate of drug-likeness (QED) is 0.626. The Morgan fingerprint density at radius 3 is 2.73 bits per heavy atom. The predicted molar refractivity (Wildman–Crippen MR) is 54.2 cm³/mol. The van der Waals surface area contributed by atoms with Gasteiger partial charge in [-0.25, -0.2) is 4.79 Å². The van der Waals surface area contributed by atoms with Gasteiger partial charge in [0.1, 0.15) is 0 Å². The zero-order valence-electron chi connectivity index (χ0n) is 7.91. The van der Waals surface area contributed by atoms with Gasteiger partial charge < -0.3 is 15.7 Å². The van der Waals surface area contributed by atoms with E-state index in [9.17, 15) is 9.59 Å². The molecule has 0 fully saturated rings. The van der Waals surface area contributed by atoms with Crippen LogP contribution in [0.4, 0.5) is 5.69 Å². The summed E-state index contributed by atoms with van der Waals surface area (Å²) in [7, 11) is 0. The van der Waals surface area contributed by atoms with Crippen LogP contribution in [0.15, 0.2) is 18.2 Å². The number of hydrogen-bond donors (Lipinski definition) is 3. The van der Waals surface area contributed by atoms with Crippen LogP contribution in [0.1, 0.15) is 20.7 Å². The van der Waals surface area contributed by atoms with Crippen molar-refractivity contribution >= 4 is 17.6 Å². The van der Waals surface area contributed by atoms with E-state index in [1.54, 1.807) is 6.07 Å². The van der Waals surface area contributed by atoms with Gasteiger partial charge in [-0.3, -0.25) is 4.79 Å². The van der Waals surface area contributed by atoms with Crippen LogP contribution in [0, 0.1) is 0 Å². The highest BCUT2D eigenvalue weighted by Crippen LogP contribution is 2.18. The Bertz CT molecular complexity index is 429. The molecule has 3 N–H and O–H groups in total. The molecule has 0 unspecified atom stereocenters. The summed E-state index contributed by atoms with van der Waals surface area (Å²) in [6, 6.07) is 4.47. The maximum absolute atomic E-state index is 11.5. The fourth-order valence-corrected chi connectivity index (χ4v) is 1.49. The van der Waals surface area contributed by atoms with E-state index < -0.39 is 5.97 Å². The molecule has 0 bridgehead atoms. The summed E-state index contributed by atoms with van der Waals surface area (Å²) >= 11 is 0. The molecule has 0 atom stereocenters. The number of carbonyl (C=O) groups excluding carboxylic acids is 1. The number of carbonyl (C=O) groups is 2. The number of rotatable bonds is 1. The minimum Gasteiger partial charge on any atom is -0.478 e. The number of aromatic carboxylic acids is 1. The third-order valence-corrected chi connectivity index (χ3v) is 2.24.